The summed E-state index contributed by atoms with van der Waals surface area (Å²) < 4.78 is 4.79. The van der Waals surface area contributed by atoms with Crippen molar-refractivity contribution in [2.45, 2.75) is 30.9 Å². The number of halogens is 2. The average molecular weight is 537 g/mol. The van der Waals surface area contributed by atoms with Crippen LogP contribution in [-0.4, -0.2) is 4.57 Å². The maximum absolute atomic E-state index is 2.41. The molecule has 1 aromatic carbocycles. The molecule has 1 nitrogen and oxygen atoms in total. The van der Waals surface area contributed by atoms with E-state index in [2.05, 4.69) is 80.2 Å². The first-order valence-corrected chi connectivity index (χ1v) is 12.1. The molecular formula is C21H21Cl2HfN. The molecule has 0 amide bonds. The summed E-state index contributed by atoms with van der Waals surface area (Å²) >= 11 is -0.978. The molecule has 128 valence electrons. The van der Waals surface area contributed by atoms with Crippen LogP contribution in [0.1, 0.15) is 42.0 Å². The molecule has 0 N–H and O–H groups in total. The fourth-order valence-corrected chi connectivity index (χ4v) is 10.5. The number of nitrogens with zero attached hydrogens (tertiary/aromatic N) is 1. The van der Waals surface area contributed by atoms with Gasteiger partial charge in [0.1, 0.15) is 0 Å². The van der Waals surface area contributed by atoms with E-state index in [4.69, 9.17) is 0 Å². The van der Waals surface area contributed by atoms with Crippen molar-refractivity contribution in [3.63, 3.8) is 0 Å². The number of hydrogen-bond donors (Lipinski definition) is 0. The van der Waals surface area contributed by atoms with Gasteiger partial charge in [0.15, 0.2) is 0 Å². The molecule has 0 saturated heterocycles. The summed E-state index contributed by atoms with van der Waals surface area (Å²) in [6, 6.07) is 13.2. The van der Waals surface area contributed by atoms with Crippen molar-refractivity contribution in [3.8, 4) is 0 Å². The Morgan fingerprint density at radius 2 is 1.60 bits per heavy atom. The van der Waals surface area contributed by atoms with Crippen LogP contribution in [0.3, 0.4) is 0 Å². The summed E-state index contributed by atoms with van der Waals surface area (Å²) in [5.74, 6) is 0. The number of hydrogen-bond acceptors (Lipinski definition) is 0. The van der Waals surface area contributed by atoms with E-state index < -0.39 is 22.9 Å². The van der Waals surface area contributed by atoms with E-state index >= 15 is 0 Å². The molecular weight excluding hydrogens is 516 g/mol. The number of rotatable bonds is 3. The van der Waals surface area contributed by atoms with Crippen molar-refractivity contribution in [1.82, 2.24) is 4.57 Å². The number of allylic oxidation sites excluding steroid dienone is 5. The topological polar surface area (TPSA) is 4.93 Å². The molecule has 4 heteroatoms. The van der Waals surface area contributed by atoms with Crippen LogP contribution in [0.25, 0.3) is 11.8 Å². The van der Waals surface area contributed by atoms with Crippen LogP contribution in [-0.2, 0) is 22.9 Å². The fourth-order valence-electron chi connectivity index (χ4n) is 3.60. The summed E-state index contributed by atoms with van der Waals surface area (Å²) in [4.78, 5) is 0. The Balaban J connectivity index is 0.00000113. The van der Waals surface area contributed by atoms with E-state index in [0.29, 0.717) is 3.67 Å². The van der Waals surface area contributed by atoms with Crippen LogP contribution in [0.15, 0.2) is 68.8 Å². The molecule has 4 rings (SSSR count). The van der Waals surface area contributed by atoms with Crippen molar-refractivity contribution < 1.29 is 47.7 Å². The largest absolute Gasteiger partial charge is 1.00 e. The number of fused-ring (bicyclic) bond motifs is 1. The third-order valence-electron chi connectivity index (χ3n) is 5.22. The van der Waals surface area contributed by atoms with Gasteiger partial charge in [0.2, 0.25) is 0 Å². The van der Waals surface area contributed by atoms with Crippen LogP contribution in [0, 0.1) is 0 Å². The molecule has 1 unspecified atom stereocenters. The molecule has 1 heterocycles. The van der Waals surface area contributed by atoms with Crippen LogP contribution >= 0.6 is 0 Å². The molecule has 2 aromatic rings. The zero-order valence-electron chi connectivity index (χ0n) is 14.7. The minimum Gasteiger partial charge on any atom is -1.00 e. The Morgan fingerprint density at radius 3 is 2.24 bits per heavy atom. The van der Waals surface area contributed by atoms with Crippen molar-refractivity contribution in [1.29, 1.82) is 0 Å². The smallest absolute Gasteiger partial charge is 1.00 e. The van der Waals surface area contributed by atoms with Gasteiger partial charge in [-0.05, 0) is 0 Å². The third-order valence-corrected chi connectivity index (χ3v) is 11.7. The Labute approximate surface area is 174 Å². The molecule has 1 atom stereocenters. The van der Waals surface area contributed by atoms with Gasteiger partial charge in [-0.3, -0.25) is 0 Å². The first kappa shape index (κ1) is 20.5. The van der Waals surface area contributed by atoms with E-state index in [9.17, 15) is 0 Å². The predicted octanol–water partition coefficient (Wildman–Crippen LogP) is -0.354. The van der Waals surface area contributed by atoms with E-state index in [0.717, 1.165) is 0 Å². The predicted molar refractivity (Wildman–Crippen MR) is 93.5 cm³/mol. The molecule has 0 aliphatic heterocycles. The molecule has 0 fully saturated rings. The Morgan fingerprint density at radius 1 is 0.920 bits per heavy atom. The Bertz CT molecular complexity index is 860. The zero-order chi connectivity index (χ0) is 16.0. The van der Waals surface area contributed by atoms with Gasteiger partial charge < -0.3 is 24.8 Å². The summed E-state index contributed by atoms with van der Waals surface area (Å²) in [5.41, 5.74) is 9.20. The first-order valence-electron chi connectivity index (χ1n) is 8.22. The SMILES string of the molecule is CC1=C(C)C(C)=[C]([Hf+2][CH]2C(n3cccc3)=Cc3ccccc32)C1.[Cl-].[Cl-]. The van der Waals surface area contributed by atoms with Gasteiger partial charge in [-0.1, -0.05) is 0 Å². The molecule has 1 aromatic heterocycles. The Hall–Kier alpha value is -0.830. The van der Waals surface area contributed by atoms with Gasteiger partial charge >= 0.3 is 150 Å². The van der Waals surface area contributed by atoms with Gasteiger partial charge in [-0.15, -0.1) is 0 Å². The van der Waals surface area contributed by atoms with E-state index in [-0.39, 0.29) is 24.8 Å². The number of aromatic nitrogens is 1. The van der Waals surface area contributed by atoms with Crippen molar-refractivity contribution in [3.05, 3.63) is 80.0 Å². The van der Waals surface area contributed by atoms with E-state index in [1.807, 2.05) is 0 Å². The summed E-state index contributed by atoms with van der Waals surface area (Å²) in [5, 5.41) is 0. The number of benzene rings is 1. The summed E-state index contributed by atoms with van der Waals surface area (Å²) in [6.45, 7) is 6.95. The standard InChI is InChI=1S/C13H10N.C8H11.2ClH.Hf/c1-2-6-12-10-13(9-11(12)5-1)14-7-3-4-8-14;1-6-4-5-7(2)8(6)3;;;/h1-10H;4H2,1-3H3;2*1H;/q;;;;+2/p-2. The second-order valence-electron chi connectivity index (χ2n) is 6.55. The fraction of sp³-hybridized carbons (Fsp3) is 0.238. The molecule has 0 radical (unpaired) electrons. The zero-order valence-corrected chi connectivity index (χ0v) is 19.8. The van der Waals surface area contributed by atoms with Gasteiger partial charge in [0, 0.05) is 0 Å². The molecule has 25 heavy (non-hydrogen) atoms. The molecule has 0 saturated carbocycles. The molecule has 0 bridgehead atoms. The second-order valence-corrected chi connectivity index (χ2v) is 11.8. The third kappa shape index (κ3) is 3.67. The van der Waals surface area contributed by atoms with Crippen LogP contribution in [0.2, 0.25) is 0 Å². The monoisotopic (exact) mass is 537 g/mol. The summed E-state index contributed by atoms with van der Waals surface area (Å²) in [7, 11) is 0. The summed E-state index contributed by atoms with van der Waals surface area (Å²) in [6.07, 6.45) is 8.03. The molecule has 2 aliphatic carbocycles. The van der Waals surface area contributed by atoms with Crippen molar-refractivity contribution >= 4 is 11.8 Å². The van der Waals surface area contributed by atoms with Gasteiger partial charge in [-0.25, -0.2) is 0 Å². The van der Waals surface area contributed by atoms with E-state index in [1.165, 1.54) is 17.7 Å². The quantitative estimate of drug-likeness (QED) is 0.473. The van der Waals surface area contributed by atoms with Gasteiger partial charge in [-0.2, -0.15) is 0 Å². The minimum absolute atomic E-state index is 0. The maximum atomic E-state index is 2.41. The van der Waals surface area contributed by atoms with Crippen LogP contribution in [0.5, 0.6) is 0 Å². The average Bonchev–Trinajstić information content (AvgIpc) is 3.25. The molecule has 2 aliphatic rings. The van der Waals surface area contributed by atoms with Gasteiger partial charge in [0.25, 0.3) is 0 Å². The van der Waals surface area contributed by atoms with E-state index in [1.54, 1.807) is 25.6 Å². The van der Waals surface area contributed by atoms with Crippen molar-refractivity contribution in [2.75, 3.05) is 0 Å². The van der Waals surface area contributed by atoms with Gasteiger partial charge in [0.05, 0.1) is 0 Å². The second kappa shape index (κ2) is 8.24. The van der Waals surface area contributed by atoms with Crippen LogP contribution < -0.4 is 24.8 Å². The maximum Gasteiger partial charge on any atom is -1.00 e. The first-order chi connectivity index (χ1) is 11.1. The van der Waals surface area contributed by atoms with Crippen LogP contribution in [0.4, 0.5) is 0 Å². The molecule has 0 spiro atoms. The minimum atomic E-state index is -0.978. The van der Waals surface area contributed by atoms with Crippen molar-refractivity contribution in [2.24, 2.45) is 0 Å². The normalized spacial score (nSPS) is 18.4. The Kier molecular flexibility index (Phi) is 6.75.